The Morgan fingerprint density at radius 1 is 1.19 bits per heavy atom. The van der Waals surface area contributed by atoms with Crippen LogP contribution in [0.3, 0.4) is 0 Å². The monoisotopic (exact) mass is 370 g/mol. The summed E-state index contributed by atoms with van der Waals surface area (Å²) in [5.74, 6) is -1.08. The quantitative estimate of drug-likeness (QED) is 0.580. The van der Waals surface area contributed by atoms with E-state index in [0.717, 1.165) is 11.5 Å². The van der Waals surface area contributed by atoms with E-state index in [1.807, 2.05) is 0 Å². The zero-order valence-electron chi connectivity index (χ0n) is 14.9. The van der Waals surface area contributed by atoms with Gasteiger partial charge in [0.2, 0.25) is 11.8 Å². The maximum atomic E-state index is 14.4. The summed E-state index contributed by atoms with van der Waals surface area (Å²) < 4.78 is 20.0. The van der Waals surface area contributed by atoms with Gasteiger partial charge in [-0.15, -0.1) is 0 Å². The number of carbonyl (C=O) groups excluding carboxylic acids is 2. The second kappa shape index (κ2) is 7.86. The molecule has 0 aliphatic rings. The minimum absolute atomic E-state index is 0.0132. The highest BCUT2D eigenvalue weighted by Gasteiger charge is 2.13. The first-order valence-electron chi connectivity index (χ1n) is 8.41. The number of anilines is 1. The number of ether oxygens (including phenoxy) is 1. The van der Waals surface area contributed by atoms with Crippen LogP contribution in [0.15, 0.2) is 42.7 Å². The van der Waals surface area contributed by atoms with Crippen LogP contribution in [0, 0.1) is 5.82 Å². The Bertz CT molecular complexity index is 984. The summed E-state index contributed by atoms with van der Waals surface area (Å²) >= 11 is 0. The molecule has 3 rings (SSSR count). The Balaban J connectivity index is 1.68. The van der Waals surface area contributed by atoms with E-state index in [9.17, 15) is 14.0 Å². The van der Waals surface area contributed by atoms with Crippen LogP contribution in [0.25, 0.3) is 11.0 Å². The number of rotatable bonds is 6. The second-order valence-electron chi connectivity index (χ2n) is 6.24. The number of amides is 2. The molecule has 0 saturated carbocycles. The highest BCUT2D eigenvalue weighted by Crippen LogP contribution is 2.31. The fourth-order valence-electron chi connectivity index (χ4n) is 2.53. The zero-order valence-corrected chi connectivity index (χ0v) is 14.9. The number of H-pyrrole nitrogens is 1. The van der Waals surface area contributed by atoms with E-state index >= 15 is 0 Å². The van der Waals surface area contributed by atoms with Crippen molar-refractivity contribution in [3.05, 3.63) is 48.5 Å². The van der Waals surface area contributed by atoms with Crippen LogP contribution in [0.5, 0.6) is 11.5 Å². The summed E-state index contributed by atoms with van der Waals surface area (Å²) in [6.45, 7) is 3.60. The molecule has 0 fully saturated rings. The molecule has 8 heteroatoms. The minimum atomic E-state index is -0.639. The lowest BCUT2D eigenvalue weighted by atomic mass is 10.2. The second-order valence-corrected chi connectivity index (χ2v) is 6.24. The number of benzene rings is 1. The number of carbonyl (C=O) groups is 2. The first kappa shape index (κ1) is 18.4. The molecule has 27 heavy (non-hydrogen) atoms. The maximum Gasteiger partial charge on any atom is 0.233 e. The molecule has 2 aromatic heterocycles. The fourth-order valence-corrected chi connectivity index (χ4v) is 2.53. The number of halogens is 1. The van der Waals surface area contributed by atoms with Gasteiger partial charge >= 0.3 is 0 Å². The Morgan fingerprint density at radius 3 is 2.74 bits per heavy atom. The normalized spacial score (nSPS) is 10.8. The largest absolute Gasteiger partial charge is 0.453 e. The van der Waals surface area contributed by atoms with Crippen molar-refractivity contribution in [1.29, 1.82) is 0 Å². The van der Waals surface area contributed by atoms with Crippen molar-refractivity contribution < 1.29 is 18.7 Å². The van der Waals surface area contributed by atoms with E-state index in [2.05, 4.69) is 20.6 Å². The standard InChI is InChI=1S/C19H19FN4O3/c1-11(2)23-17(25)10-18(26)24-12-3-4-16(14(20)9-12)27-15-6-8-22-19-13(15)5-7-21-19/h3-9,11H,10H2,1-2H3,(H,21,22)(H,23,25)(H,24,26). The van der Waals surface area contributed by atoms with Gasteiger partial charge in [0, 0.05) is 30.2 Å². The number of pyridine rings is 1. The number of aromatic amines is 1. The molecule has 0 unspecified atom stereocenters. The lowest BCUT2D eigenvalue weighted by molar-refractivity contribution is -0.127. The molecular weight excluding hydrogens is 351 g/mol. The molecule has 0 atom stereocenters. The van der Waals surface area contributed by atoms with E-state index in [4.69, 9.17) is 4.74 Å². The van der Waals surface area contributed by atoms with Gasteiger partial charge in [-0.1, -0.05) is 0 Å². The first-order valence-corrected chi connectivity index (χ1v) is 8.41. The highest BCUT2D eigenvalue weighted by molar-refractivity contribution is 6.03. The van der Waals surface area contributed by atoms with Gasteiger partial charge in [-0.2, -0.15) is 0 Å². The topological polar surface area (TPSA) is 96.1 Å². The number of nitrogens with one attached hydrogen (secondary N) is 3. The number of aromatic nitrogens is 2. The van der Waals surface area contributed by atoms with Gasteiger partial charge in [-0.05, 0) is 38.1 Å². The van der Waals surface area contributed by atoms with E-state index < -0.39 is 17.6 Å². The predicted octanol–water partition coefficient (Wildman–Crippen LogP) is 3.35. The van der Waals surface area contributed by atoms with Gasteiger partial charge in [0.1, 0.15) is 17.8 Å². The van der Waals surface area contributed by atoms with Crippen LogP contribution >= 0.6 is 0 Å². The number of fused-ring (bicyclic) bond motifs is 1. The van der Waals surface area contributed by atoms with Crippen LogP contribution in [-0.2, 0) is 9.59 Å². The molecule has 140 valence electrons. The van der Waals surface area contributed by atoms with Gasteiger partial charge in [0.15, 0.2) is 11.6 Å². The predicted molar refractivity (Wildman–Crippen MR) is 99.1 cm³/mol. The Kier molecular flexibility index (Phi) is 5.35. The van der Waals surface area contributed by atoms with E-state index in [1.165, 1.54) is 12.1 Å². The zero-order chi connectivity index (χ0) is 19.4. The third-order valence-corrected chi connectivity index (χ3v) is 3.63. The van der Waals surface area contributed by atoms with Crippen molar-refractivity contribution in [2.75, 3.05) is 5.32 Å². The molecule has 3 N–H and O–H groups in total. The van der Waals surface area contributed by atoms with E-state index in [1.54, 1.807) is 38.4 Å². The van der Waals surface area contributed by atoms with Crippen LogP contribution in [0.1, 0.15) is 20.3 Å². The third-order valence-electron chi connectivity index (χ3n) is 3.63. The minimum Gasteiger partial charge on any atom is -0.453 e. The average molecular weight is 370 g/mol. The summed E-state index contributed by atoms with van der Waals surface area (Å²) in [6.07, 6.45) is 2.94. The van der Waals surface area contributed by atoms with Gasteiger partial charge in [0.25, 0.3) is 0 Å². The molecule has 0 aliphatic carbocycles. The maximum absolute atomic E-state index is 14.4. The molecule has 1 aromatic carbocycles. The third kappa shape index (κ3) is 4.60. The molecule has 0 saturated heterocycles. The molecule has 0 radical (unpaired) electrons. The number of hydrogen-bond acceptors (Lipinski definition) is 4. The Hall–Kier alpha value is -3.42. The van der Waals surface area contributed by atoms with Gasteiger partial charge < -0.3 is 20.4 Å². The summed E-state index contributed by atoms with van der Waals surface area (Å²) in [4.78, 5) is 30.6. The number of nitrogens with zero attached hydrogens (tertiary/aromatic N) is 1. The smallest absolute Gasteiger partial charge is 0.233 e. The highest BCUT2D eigenvalue weighted by atomic mass is 19.1. The molecule has 3 aromatic rings. The molecule has 0 spiro atoms. The van der Waals surface area contributed by atoms with E-state index in [0.29, 0.717) is 11.4 Å². The summed E-state index contributed by atoms with van der Waals surface area (Å²) in [5.41, 5.74) is 0.875. The van der Waals surface area contributed by atoms with Crippen LogP contribution in [-0.4, -0.2) is 27.8 Å². The lowest BCUT2D eigenvalue weighted by Gasteiger charge is -2.11. The van der Waals surface area contributed by atoms with Gasteiger partial charge in [-0.25, -0.2) is 9.37 Å². The fraction of sp³-hybridized carbons (Fsp3) is 0.211. The van der Waals surface area contributed by atoms with Crippen molar-refractivity contribution in [1.82, 2.24) is 15.3 Å². The average Bonchev–Trinajstić information content (AvgIpc) is 3.06. The van der Waals surface area contributed by atoms with Gasteiger partial charge in [-0.3, -0.25) is 9.59 Å². The molecule has 2 amide bonds. The first-order chi connectivity index (χ1) is 12.9. The summed E-state index contributed by atoms with van der Waals surface area (Å²) in [6, 6.07) is 7.43. The van der Waals surface area contributed by atoms with Gasteiger partial charge in [0.05, 0.1) is 5.39 Å². The molecule has 7 nitrogen and oxygen atoms in total. The molecular formula is C19H19FN4O3. The molecule has 2 heterocycles. The Labute approximate surface area is 154 Å². The van der Waals surface area contributed by atoms with Crippen LogP contribution < -0.4 is 15.4 Å². The van der Waals surface area contributed by atoms with Crippen LogP contribution in [0.2, 0.25) is 0 Å². The van der Waals surface area contributed by atoms with E-state index in [-0.39, 0.29) is 23.9 Å². The molecule has 0 bridgehead atoms. The van der Waals surface area contributed by atoms with Crippen LogP contribution in [0.4, 0.5) is 10.1 Å². The summed E-state index contributed by atoms with van der Waals surface area (Å²) in [7, 11) is 0. The molecule has 0 aliphatic heterocycles. The van der Waals surface area contributed by atoms with Crippen molar-refractivity contribution in [2.45, 2.75) is 26.3 Å². The summed E-state index contributed by atoms with van der Waals surface area (Å²) in [5, 5.41) is 5.84. The van der Waals surface area contributed by atoms with Crippen molar-refractivity contribution >= 4 is 28.5 Å². The van der Waals surface area contributed by atoms with Crippen molar-refractivity contribution in [3.63, 3.8) is 0 Å². The Morgan fingerprint density at radius 2 is 2.00 bits per heavy atom. The number of hydrogen-bond donors (Lipinski definition) is 3. The van der Waals surface area contributed by atoms with Crippen molar-refractivity contribution in [2.24, 2.45) is 0 Å². The van der Waals surface area contributed by atoms with Crippen molar-refractivity contribution in [3.8, 4) is 11.5 Å². The SMILES string of the molecule is CC(C)NC(=O)CC(=O)Nc1ccc(Oc2ccnc3[nH]ccc23)c(F)c1. The lowest BCUT2D eigenvalue weighted by Crippen LogP contribution is -2.33.